The number of carbonyl (C=O) groups is 1. The molecule has 0 saturated heterocycles. The topological polar surface area (TPSA) is 38.3 Å². The lowest BCUT2D eigenvalue weighted by Gasteiger charge is -2.15. The lowest BCUT2D eigenvalue weighted by Crippen LogP contribution is -2.33. The second-order valence-corrected chi connectivity index (χ2v) is 6.03. The van der Waals surface area contributed by atoms with Crippen molar-refractivity contribution >= 4 is 21.8 Å². The zero-order valence-corrected chi connectivity index (χ0v) is 12.6. The average Bonchev–Trinajstić information content (AvgIpc) is 2.26. The first-order chi connectivity index (χ1) is 9.17. The van der Waals surface area contributed by atoms with Crippen LogP contribution in [-0.4, -0.2) is 23.1 Å². The highest BCUT2D eigenvalue weighted by Gasteiger charge is 2.31. The van der Waals surface area contributed by atoms with Gasteiger partial charge in [-0.05, 0) is 37.6 Å². The molecular weight excluding hydrogens is 339 g/mol. The van der Waals surface area contributed by atoms with Crippen LogP contribution in [0.25, 0.3) is 0 Å². The van der Waals surface area contributed by atoms with Crippen molar-refractivity contribution in [3.8, 4) is 5.75 Å². The molecule has 0 bridgehead atoms. The molecule has 0 aromatic heterocycles. The molecule has 1 aromatic rings. The standard InChI is InChI=1S/C13H15BrF3NO2/c1-8(14)7-9(2)18-12(19)10-3-5-11(6-4-10)20-13(15,16)17/h3-6,8-9H,7H2,1-2H3,(H,18,19). The molecule has 1 amide bonds. The van der Waals surface area contributed by atoms with Crippen LogP contribution in [0.2, 0.25) is 0 Å². The maximum atomic E-state index is 12.0. The van der Waals surface area contributed by atoms with Crippen LogP contribution in [0.3, 0.4) is 0 Å². The van der Waals surface area contributed by atoms with E-state index in [4.69, 9.17) is 0 Å². The molecule has 1 aromatic carbocycles. The van der Waals surface area contributed by atoms with Crippen molar-refractivity contribution in [3.05, 3.63) is 29.8 Å². The van der Waals surface area contributed by atoms with Crippen LogP contribution in [0.4, 0.5) is 13.2 Å². The summed E-state index contributed by atoms with van der Waals surface area (Å²) in [4.78, 5) is 12.1. The molecule has 3 nitrogen and oxygen atoms in total. The van der Waals surface area contributed by atoms with Crippen LogP contribution in [0, 0.1) is 0 Å². The molecule has 0 radical (unpaired) electrons. The van der Waals surface area contributed by atoms with Gasteiger partial charge in [0.15, 0.2) is 0 Å². The predicted octanol–water partition coefficient (Wildman–Crippen LogP) is 3.88. The summed E-state index contributed by atoms with van der Waals surface area (Å²) in [7, 11) is 0. The van der Waals surface area contributed by atoms with E-state index in [1.54, 1.807) is 0 Å². The van der Waals surface area contributed by atoms with E-state index in [1.807, 2.05) is 13.8 Å². The largest absolute Gasteiger partial charge is 0.573 e. The van der Waals surface area contributed by atoms with E-state index in [9.17, 15) is 18.0 Å². The summed E-state index contributed by atoms with van der Waals surface area (Å²) in [6, 6.07) is 4.77. The van der Waals surface area contributed by atoms with E-state index >= 15 is 0 Å². The quantitative estimate of drug-likeness (QED) is 0.815. The summed E-state index contributed by atoms with van der Waals surface area (Å²) in [6.07, 6.45) is -3.98. The number of amides is 1. The van der Waals surface area contributed by atoms with Crippen molar-refractivity contribution in [3.63, 3.8) is 0 Å². The molecule has 1 N–H and O–H groups in total. The molecule has 7 heteroatoms. The fourth-order valence-electron chi connectivity index (χ4n) is 1.66. The first kappa shape index (κ1) is 16.8. The van der Waals surface area contributed by atoms with Crippen LogP contribution < -0.4 is 10.1 Å². The van der Waals surface area contributed by atoms with Gasteiger partial charge in [0.2, 0.25) is 0 Å². The highest BCUT2D eigenvalue weighted by atomic mass is 79.9. The number of hydrogen-bond donors (Lipinski definition) is 1. The number of rotatable bonds is 5. The van der Waals surface area contributed by atoms with Crippen molar-refractivity contribution in [2.45, 2.75) is 37.5 Å². The molecular formula is C13H15BrF3NO2. The van der Waals surface area contributed by atoms with Gasteiger partial charge in [0, 0.05) is 16.4 Å². The number of ether oxygens (including phenoxy) is 1. The average molecular weight is 354 g/mol. The normalized spacial score (nSPS) is 14.5. The van der Waals surface area contributed by atoms with Crippen LogP contribution in [0.5, 0.6) is 5.75 Å². The molecule has 1 rings (SSSR count). The highest BCUT2D eigenvalue weighted by Crippen LogP contribution is 2.22. The molecule has 112 valence electrons. The van der Waals surface area contributed by atoms with Crippen LogP contribution in [0.15, 0.2) is 24.3 Å². The zero-order valence-electron chi connectivity index (χ0n) is 11.0. The SMILES string of the molecule is CC(Br)CC(C)NC(=O)c1ccc(OC(F)(F)F)cc1. The molecule has 2 atom stereocenters. The minimum Gasteiger partial charge on any atom is -0.406 e. The number of nitrogens with one attached hydrogen (secondary N) is 1. The number of halogens is 4. The minimum atomic E-state index is -4.73. The maximum absolute atomic E-state index is 12.0. The first-order valence-electron chi connectivity index (χ1n) is 5.98. The smallest absolute Gasteiger partial charge is 0.406 e. The van der Waals surface area contributed by atoms with Gasteiger partial charge in [-0.3, -0.25) is 4.79 Å². The Morgan fingerprint density at radius 1 is 1.30 bits per heavy atom. The van der Waals surface area contributed by atoms with Gasteiger partial charge in [0.1, 0.15) is 5.75 Å². The minimum absolute atomic E-state index is 0.0389. The van der Waals surface area contributed by atoms with E-state index in [2.05, 4.69) is 26.0 Å². The third-order valence-corrected chi connectivity index (χ3v) is 2.78. The van der Waals surface area contributed by atoms with Gasteiger partial charge in [0.25, 0.3) is 5.91 Å². The number of alkyl halides is 4. The maximum Gasteiger partial charge on any atom is 0.573 e. The summed E-state index contributed by atoms with van der Waals surface area (Å²) in [5.41, 5.74) is 0.286. The fraction of sp³-hybridized carbons (Fsp3) is 0.462. The summed E-state index contributed by atoms with van der Waals surface area (Å²) >= 11 is 3.38. The third-order valence-electron chi connectivity index (χ3n) is 2.41. The van der Waals surface area contributed by atoms with Crippen molar-refractivity contribution in [2.24, 2.45) is 0 Å². The fourth-order valence-corrected chi connectivity index (χ4v) is 2.22. The number of carbonyl (C=O) groups excluding carboxylic acids is 1. The molecule has 0 aliphatic carbocycles. The lowest BCUT2D eigenvalue weighted by atomic mass is 10.1. The Bertz CT molecular complexity index is 446. The Hall–Kier alpha value is -1.24. The van der Waals surface area contributed by atoms with Crippen molar-refractivity contribution in [1.29, 1.82) is 0 Å². The second kappa shape index (κ2) is 6.97. The molecule has 0 spiro atoms. The molecule has 20 heavy (non-hydrogen) atoms. The van der Waals surface area contributed by atoms with E-state index in [0.29, 0.717) is 0 Å². The molecule has 0 saturated carbocycles. The summed E-state index contributed by atoms with van der Waals surface area (Å²) in [5.74, 6) is -0.680. The number of hydrogen-bond acceptors (Lipinski definition) is 2. The van der Waals surface area contributed by atoms with E-state index < -0.39 is 6.36 Å². The van der Waals surface area contributed by atoms with Gasteiger partial charge >= 0.3 is 6.36 Å². The van der Waals surface area contributed by atoms with Gasteiger partial charge in [-0.2, -0.15) is 0 Å². The van der Waals surface area contributed by atoms with E-state index in [1.165, 1.54) is 12.1 Å². The summed E-state index contributed by atoms with van der Waals surface area (Å²) in [6.45, 7) is 3.82. The second-order valence-electron chi connectivity index (χ2n) is 4.46. The van der Waals surface area contributed by atoms with Crippen molar-refractivity contribution in [2.75, 3.05) is 0 Å². The van der Waals surface area contributed by atoms with Crippen LogP contribution >= 0.6 is 15.9 Å². The first-order valence-corrected chi connectivity index (χ1v) is 6.89. The Morgan fingerprint density at radius 3 is 2.30 bits per heavy atom. The highest BCUT2D eigenvalue weighted by molar-refractivity contribution is 9.09. The van der Waals surface area contributed by atoms with Crippen molar-refractivity contribution < 1.29 is 22.7 Å². The molecule has 0 heterocycles. The molecule has 0 fully saturated rings. The van der Waals surface area contributed by atoms with Gasteiger partial charge in [-0.1, -0.05) is 22.9 Å². The van der Waals surface area contributed by atoms with Crippen molar-refractivity contribution in [1.82, 2.24) is 5.32 Å². The van der Waals surface area contributed by atoms with Gasteiger partial charge in [-0.15, -0.1) is 13.2 Å². The molecule has 0 aliphatic heterocycles. The Balaban J connectivity index is 2.62. The van der Waals surface area contributed by atoms with E-state index in [0.717, 1.165) is 18.6 Å². The van der Waals surface area contributed by atoms with Gasteiger partial charge in [-0.25, -0.2) is 0 Å². The monoisotopic (exact) mass is 353 g/mol. The summed E-state index contributed by atoms with van der Waals surface area (Å²) < 4.78 is 39.7. The zero-order chi connectivity index (χ0) is 15.3. The van der Waals surface area contributed by atoms with Crippen LogP contribution in [0.1, 0.15) is 30.6 Å². The Morgan fingerprint density at radius 2 is 1.85 bits per heavy atom. The molecule has 0 aliphatic rings. The van der Waals surface area contributed by atoms with Crippen LogP contribution in [-0.2, 0) is 0 Å². The summed E-state index contributed by atoms with van der Waals surface area (Å²) in [5, 5.41) is 2.76. The molecule has 2 unspecified atom stereocenters. The van der Waals surface area contributed by atoms with E-state index in [-0.39, 0.29) is 28.1 Å². The lowest BCUT2D eigenvalue weighted by molar-refractivity contribution is -0.274. The predicted molar refractivity (Wildman–Crippen MR) is 73.1 cm³/mol. The van der Waals surface area contributed by atoms with Gasteiger partial charge < -0.3 is 10.1 Å². The number of benzene rings is 1. The Labute approximate surface area is 123 Å². The van der Waals surface area contributed by atoms with Gasteiger partial charge in [0.05, 0.1) is 0 Å². The Kier molecular flexibility index (Phi) is 5.86. The third kappa shape index (κ3) is 6.27.